The molecule has 2 heterocycles. The highest BCUT2D eigenvalue weighted by Crippen LogP contribution is 2.21. The van der Waals surface area contributed by atoms with Gasteiger partial charge >= 0.3 is 0 Å². The number of rotatable bonds is 5. The molecule has 0 saturated carbocycles. The Hall–Kier alpha value is -2.02. The number of aryl methyl sites for hydroxylation is 2. The number of hydrogen-bond acceptors (Lipinski definition) is 2. The van der Waals surface area contributed by atoms with Crippen LogP contribution in [0.1, 0.15) is 12.8 Å². The van der Waals surface area contributed by atoms with Crippen LogP contribution in [0.3, 0.4) is 0 Å². The number of halogens is 2. The van der Waals surface area contributed by atoms with E-state index >= 15 is 0 Å². The molecule has 0 aliphatic heterocycles. The molecule has 110 valence electrons. The predicted molar refractivity (Wildman–Crippen MR) is 78.5 cm³/mol. The van der Waals surface area contributed by atoms with Crippen LogP contribution in [-0.2, 0) is 13.1 Å². The lowest BCUT2D eigenvalue weighted by atomic mass is 10.2. The van der Waals surface area contributed by atoms with Gasteiger partial charge < -0.3 is 14.1 Å². The molecule has 0 aliphatic rings. The number of unbranched alkanes of at least 4 members (excludes halogenated alkanes) is 1. The first-order chi connectivity index (χ1) is 10.2. The van der Waals surface area contributed by atoms with Crippen molar-refractivity contribution in [1.82, 2.24) is 19.1 Å². The van der Waals surface area contributed by atoms with Gasteiger partial charge in [-0.25, -0.2) is 13.8 Å². The number of hydrogen-bond donors (Lipinski definition) is 1. The van der Waals surface area contributed by atoms with Crippen molar-refractivity contribution in [3.05, 3.63) is 47.3 Å². The summed E-state index contributed by atoms with van der Waals surface area (Å²) in [5.74, 6) is -1.71. The first kappa shape index (κ1) is 13.9. The van der Waals surface area contributed by atoms with Crippen LogP contribution >= 0.6 is 12.2 Å². The molecule has 0 amide bonds. The van der Waals surface area contributed by atoms with E-state index in [0.717, 1.165) is 25.5 Å². The average molecular weight is 308 g/mol. The van der Waals surface area contributed by atoms with Gasteiger partial charge in [-0.15, -0.1) is 0 Å². The summed E-state index contributed by atoms with van der Waals surface area (Å²) in [6.45, 7) is 1.39. The Balaban J connectivity index is 1.76. The highest BCUT2D eigenvalue weighted by Gasteiger charge is 2.13. The molecule has 3 aromatic rings. The molecule has 3 rings (SSSR count). The fraction of sp³-hybridized carbons (Fsp3) is 0.286. The second-order valence-electron chi connectivity index (χ2n) is 4.85. The van der Waals surface area contributed by atoms with Crippen LogP contribution in [0, 0.1) is 16.4 Å². The third-order valence-corrected chi connectivity index (χ3v) is 3.76. The fourth-order valence-corrected chi connectivity index (χ4v) is 2.68. The Morgan fingerprint density at radius 2 is 2.00 bits per heavy atom. The van der Waals surface area contributed by atoms with E-state index in [0.29, 0.717) is 16.8 Å². The number of nitrogens with zero attached hydrogens (tertiary/aromatic N) is 3. The fourth-order valence-electron chi connectivity index (χ4n) is 2.39. The maximum absolute atomic E-state index is 13.9. The van der Waals surface area contributed by atoms with Gasteiger partial charge in [0.2, 0.25) is 0 Å². The molecule has 1 aromatic carbocycles. The summed E-state index contributed by atoms with van der Waals surface area (Å²) in [6.07, 6.45) is 7.10. The molecule has 0 saturated heterocycles. The summed E-state index contributed by atoms with van der Waals surface area (Å²) in [5.41, 5.74) is 0.733. The minimum Gasteiger partial charge on any atom is -0.337 e. The molecule has 0 spiro atoms. The molecular formula is C14H14F2N4S. The van der Waals surface area contributed by atoms with Crippen molar-refractivity contribution in [2.75, 3.05) is 0 Å². The van der Waals surface area contributed by atoms with E-state index in [1.807, 2.05) is 10.8 Å². The van der Waals surface area contributed by atoms with Gasteiger partial charge in [-0.1, -0.05) is 0 Å². The van der Waals surface area contributed by atoms with E-state index in [4.69, 9.17) is 12.2 Å². The van der Waals surface area contributed by atoms with Gasteiger partial charge in [0.15, 0.2) is 16.4 Å². The molecule has 2 aromatic heterocycles. The Bertz CT molecular complexity index is 804. The summed E-state index contributed by atoms with van der Waals surface area (Å²) >= 11 is 5.19. The zero-order valence-electron chi connectivity index (χ0n) is 11.2. The van der Waals surface area contributed by atoms with Gasteiger partial charge in [-0.05, 0) is 37.2 Å². The lowest BCUT2D eigenvalue weighted by molar-refractivity contribution is 0.506. The van der Waals surface area contributed by atoms with Crippen molar-refractivity contribution >= 4 is 23.3 Å². The van der Waals surface area contributed by atoms with Crippen molar-refractivity contribution in [2.24, 2.45) is 0 Å². The third-order valence-electron chi connectivity index (χ3n) is 3.43. The second kappa shape index (κ2) is 5.77. The van der Waals surface area contributed by atoms with Crippen molar-refractivity contribution < 1.29 is 8.78 Å². The van der Waals surface area contributed by atoms with Gasteiger partial charge in [-0.3, -0.25) is 0 Å². The predicted octanol–water partition coefficient (Wildman–Crippen LogP) is 3.65. The van der Waals surface area contributed by atoms with Crippen LogP contribution in [0.2, 0.25) is 0 Å². The maximum atomic E-state index is 13.9. The summed E-state index contributed by atoms with van der Waals surface area (Å²) in [7, 11) is 0. The van der Waals surface area contributed by atoms with Crippen LogP contribution in [0.4, 0.5) is 8.78 Å². The zero-order chi connectivity index (χ0) is 14.8. The highest BCUT2D eigenvalue weighted by atomic mass is 32.1. The van der Waals surface area contributed by atoms with E-state index in [1.165, 1.54) is 6.07 Å². The minimum absolute atomic E-state index is 0.211. The summed E-state index contributed by atoms with van der Waals surface area (Å²) < 4.78 is 31.3. The lowest BCUT2D eigenvalue weighted by Crippen LogP contribution is -2.02. The Labute approximate surface area is 125 Å². The van der Waals surface area contributed by atoms with Gasteiger partial charge in [0.25, 0.3) is 0 Å². The van der Waals surface area contributed by atoms with Crippen LogP contribution < -0.4 is 0 Å². The Morgan fingerprint density at radius 3 is 2.76 bits per heavy atom. The smallest absolute Gasteiger partial charge is 0.184 e. The SMILES string of the molecule is Fc1ccc2[nH]c(=S)n(CCCCn3ccnc3)c2c1F. The molecule has 0 unspecified atom stereocenters. The van der Waals surface area contributed by atoms with E-state index in [1.54, 1.807) is 17.1 Å². The van der Waals surface area contributed by atoms with E-state index in [2.05, 4.69) is 9.97 Å². The molecule has 0 radical (unpaired) electrons. The van der Waals surface area contributed by atoms with Crippen molar-refractivity contribution in [3.63, 3.8) is 0 Å². The number of aromatic nitrogens is 4. The molecule has 21 heavy (non-hydrogen) atoms. The average Bonchev–Trinajstić information content (AvgIpc) is 3.07. The highest BCUT2D eigenvalue weighted by molar-refractivity contribution is 7.71. The topological polar surface area (TPSA) is 38.5 Å². The quantitative estimate of drug-likeness (QED) is 0.577. The number of nitrogens with one attached hydrogen (secondary N) is 1. The molecule has 4 nitrogen and oxygen atoms in total. The normalized spacial score (nSPS) is 11.3. The van der Waals surface area contributed by atoms with Gasteiger partial charge in [0.05, 0.1) is 11.8 Å². The first-order valence-corrected chi connectivity index (χ1v) is 7.10. The Kier molecular flexibility index (Phi) is 3.83. The molecule has 1 N–H and O–H groups in total. The van der Waals surface area contributed by atoms with Crippen LogP contribution in [0.15, 0.2) is 30.9 Å². The molecule has 0 atom stereocenters. The molecule has 0 fully saturated rings. The van der Waals surface area contributed by atoms with E-state index in [9.17, 15) is 8.78 Å². The monoisotopic (exact) mass is 308 g/mol. The molecular weight excluding hydrogens is 294 g/mol. The summed E-state index contributed by atoms with van der Waals surface area (Å²) in [6, 6.07) is 2.61. The number of benzene rings is 1. The van der Waals surface area contributed by atoms with Crippen molar-refractivity contribution in [2.45, 2.75) is 25.9 Å². The largest absolute Gasteiger partial charge is 0.337 e. The standard InChI is InChI=1S/C14H14F2N4S/c15-10-3-4-11-13(12(10)16)20(14(21)18-11)7-2-1-6-19-8-5-17-9-19/h3-5,8-9H,1-2,6-7H2,(H,18,21). The number of aromatic amines is 1. The van der Waals surface area contributed by atoms with Gasteiger partial charge in [-0.2, -0.15) is 0 Å². The number of imidazole rings is 2. The number of H-pyrrole nitrogens is 1. The van der Waals surface area contributed by atoms with E-state index < -0.39 is 11.6 Å². The van der Waals surface area contributed by atoms with Crippen LogP contribution in [-0.4, -0.2) is 19.1 Å². The maximum Gasteiger partial charge on any atom is 0.184 e. The van der Waals surface area contributed by atoms with Gasteiger partial charge in [0, 0.05) is 25.5 Å². The van der Waals surface area contributed by atoms with E-state index in [-0.39, 0.29) is 5.52 Å². The van der Waals surface area contributed by atoms with Crippen LogP contribution in [0.5, 0.6) is 0 Å². The number of fused-ring (bicyclic) bond motifs is 1. The first-order valence-electron chi connectivity index (χ1n) is 6.69. The molecule has 0 aliphatic carbocycles. The van der Waals surface area contributed by atoms with Crippen molar-refractivity contribution in [1.29, 1.82) is 0 Å². The minimum atomic E-state index is -0.858. The molecule has 0 bridgehead atoms. The third kappa shape index (κ3) is 2.73. The summed E-state index contributed by atoms with van der Waals surface area (Å²) in [4.78, 5) is 6.88. The lowest BCUT2D eigenvalue weighted by Gasteiger charge is -2.06. The second-order valence-corrected chi connectivity index (χ2v) is 5.23. The van der Waals surface area contributed by atoms with Crippen LogP contribution in [0.25, 0.3) is 11.0 Å². The Morgan fingerprint density at radius 1 is 1.19 bits per heavy atom. The summed E-state index contributed by atoms with van der Waals surface area (Å²) in [5, 5.41) is 0. The zero-order valence-corrected chi connectivity index (χ0v) is 12.0. The van der Waals surface area contributed by atoms with Gasteiger partial charge in [0.1, 0.15) is 5.52 Å². The molecule has 7 heteroatoms. The van der Waals surface area contributed by atoms with Crippen molar-refractivity contribution in [3.8, 4) is 0 Å².